The van der Waals surface area contributed by atoms with Gasteiger partial charge < -0.3 is 5.73 Å². The number of hydrogen-bond acceptors (Lipinski definition) is 5. The first kappa shape index (κ1) is 11.5. The fourth-order valence-electron chi connectivity index (χ4n) is 2.37. The number of rotatable bonds is 2. The summed E-state index contributed by atoms with van der Waals surface area (Å²) in [5.74, 6) is 0.754. The Labute approximate surface area is 105 Å². The Morgan fingerprint density at radius 3 is 3.06 bits per heavy atom. The van der Waals surface area contributed by atoms with Crippen LogP contribution in [0.25, 0.3) is 5.65 Å². The van der Waals surface area contributed by atoms with Gasteiger partial charge in [0.05, 0.1) is 35.3 Å². The number of nitrogens with zero attached hydrogens (tertiary/aromatic N) is 3. The average molecular weight is 266 g/mol. The zero-order valence-electron chi connectivity index (χ0n) is 9.78. The van der Waals surface area contributed by atoms with E-state index < -0.39 is 9.84 Å². The lowest BCUT2D eigenvalue weighted by molar-refractivity contribution is 0.575. The highest BCUT2D eigenvalue weighted by Crippen LogP contribution is 2.22. The van der Waals surface area contributed by atoms with E-state index in [1.807, 2.05) is 6.07 Å². The molecule has 1 aliphatic rings. The Morgan fingerprint density at radius 2 is 2.33 bits per heavy atom. The molecule has 96 valence electrons. The smallest absolute Gasteiger partial charge is 0.155 e. The molecule has 0 aliphatic carbocycles. The van der Waals surface area contributed by atoms with Gasteiger partial charge in [-0.15, -0.1) is 0 Å². The Morgan fingerprint density at radius 1 is 1.50 bits per heavy atom. The highest BCUT2D eigenvalue weighted by molar-refractivity contribution is 7.91. The fourth-order valence-corrected chi connectivity index (χ4v) is 4.23. The maximum absolute atomic E-state index is 11.4. The minimum Gasteiger partial charge on any atom is -0.396 e. The number of aromatic nitrogens is 3. The Bertz CT molecular complexity index is 692. The lowest BCUT2D eigenvalue weighted by atomic mass is 10.0. The van der Waals surface area contributed by atoms with Gasteiger partial charge in [0.15, 0.2) is 15.5 Å². The first-order valence-corrected chi connectivity index (χ1v) is 7.64. The summed E-state index contributed by atoms with van der Waals surface area (Å²) in [6.07, 6.45) is 4.70. The standard InChI is InChI=1S/C11H14N4O2S/c12-9-5-13-11-4-10(14-15(11)6-9)3-8-1-2-18(16,17)7-8/h4-6,8H,1-3,7,12H2. The summed E-state index contributed by atoms with van der Waals surface area (Å²) in [7, 11) is -2.82. The number of sulfone groups is 1. The van der Waals surface area contributed by atoms with Gasteiger partial charge in [0.25, 0.3) is 0 Å². The lowest BCUT2D eigenvalue weighted by Gasteiger charge is -2.02. The van der Waals surface area contributed by atoms with E-state index in [0.29, 0.717) is 17.9 Å². The number of nitrogens with two attached hydrogens (primary N) is 1. The molecule has 1 atom stereocenters. The molecule has 2 aromatic heterocycles. The van der Waals surface area contributed by atoms with E-state index in [2.05, 4.69) is 10.1 Å². The van der Waals surface area contributed by atoms with E-state index in [9.17, 15) is 8.42 Å². The van der Waals surface area contributed by atoms with Crippen LogP contribution in [0.2, 0.25) is 0 Å². The first-order valence-electron chi connectivity index (χ1n) is 5.82. The van der Waals surface area contributed by atoms with Crippen LogP contribution in [-0.2, 0) is 16.3 Å². The molecule has 1 fully saturated rings. The van der Waals surface area contributed by atoms with Crippen molar-refractivity contribution in [2.75, 3.05) is 17.2 Å². The van der Waals surface area contributed by atoms with Crippen molar-refractivity contribution < 1.29 is 8.42 Å². The van der Waals surface area contributed by atoms with E-state index in [1.165, 1.54) is 0 Å². The average Bonchev–Trinajstić information content (AvgIpc) is 2.81. The number of fused-ring (bicyclic) bond motifs is 1. The third-order valence-corrected chi connectivity index (χ3v) is 5.05. The Kier molecular flexibility index (Phi) is 2.51. The maximum Gasteiger partial charge on any atom is 0.155 e. The number of hydrogen-bond donors (Lipinski definition) is 1. The van der Waals surface area contributed by atoms with Crippen molar-refractivity contribution in [3.8, 4) is 0 Å². The van der Waals surface area contributed by atoms with E-state index in [-0.39, 0.29) is 11.7 Å². The van der Waals surface area contributed by atoms with Crippen LogP contribution < -0.4 is 5.73 Å². The molecule has 1 saturated heterocycles. The van der Waals surface area contributed by atoms with Crippen molar-refractivity contribution in [1.29, 1.82) is 0 Å². The highest BCUT2D eigenvalue weighted by Gasteiger charge is 2.28. The summed E-state index contributed by atoms with van der Waals surface area (Å²) in [4.78, 5) is 4.16. The molecule has 6 nitrogen and oxygen atoms in total. The Balaban J connectivity index is 1.83. The van der Waals surface area contributed by atoms with Crippen LogP contribution in [0, 0.1) is 5.92 Å². The molecule has 0 saturated carbocycles. The van der Waals surface area contributed by atoms with Crippen LogP contribution in [0.5, 0.6) is 0 Å². The maximum atomic E-state index is 11.4. The molecular formula is C11H14N4O2S. The number of nitrogen functional groups attached to an aromatic ring is 1. The summed E-state index contributed by atoms with van der Waals surface area (Å²) in [6.45, 7) is 0. The van der Waals surface area contributed by atoms with Crippen molar-refractivity contribution in [3.63, 3.8) is 0 Å². The predicted molar refractivity (Wildman–Crippen MR) is 67.9 cm³/mol. The van der Waals surface area contributed by atoms with Crippen molar-refractivity contribution in [3.05, 3.63) is 24.2 Å². The van der Waals surface area contributed by atoms with E-state index in [4.69, 9.17) is 5.73 Å². The van der Waals surface area contributed by atoms with Gasteiger partial charge >= 0.3 is 0 Å². The van der Waals surface area contributed by atoms with Crippen LogP contribution in [0.3, 0.4) is 0 Å². The molecule has 1 unspecified atom stereocenters. The van der Waals surface area contributed by atoms with E-state index in [0.717, 1.165) is 17.8 Å². The van der Waals surface area contributed by atoms with Crippen LogP contribution in [0.1, 0.15) is 12.1 Å². The molecule has 7 heteroatoms. The molecule has 2 N–H and O–H groups in total. The van der Waals surface area contributed by atoms with Crippen LogP contribution in [-0.4, -0.2) is 34.5 Å². The first-order chi connectivity index (χ1) is 8.52. The third-order valence-electron chi connectivity index (χ3n) is 3.21. The Hall–Kier alpha value is -1.63. The van der Waals surface area contributed by atoms with Gasteiger partial charge in [-0.1, -0.05) is 0 Å². The minimum absolute atomic E-state index is 0.178. The van der Waals surface area contributed by atoms with Crippen LogP contribution >= 0.6 is 0 Å². The summed E-state index contributed by atoms with van der Waals surface area (Å²) < 4.78 is 24.4. The fraction of sp³-hybridized carbons (Fsp3) is 0.455. The molecule has 0 aromatic carbocycles. The second-order valence-electron chi connectivity index (χ2n) is 4.80. The van der Waals surface area contributed by atoms with Gasteiger partial charge in [-0.3, -0.25) is 0 Å². The van der Waals surface area contributed by atoms with Crippen LogP contribution in [0.15, 0.2) is 18.5 Å². The zero-order valence-corrected chi connectivity index (χ0v) is 10.6. The quantitative estimate of drug-likeness (QED) is 0.843. The molecular weight excluding hydrogens is 252 g/mol. The van der Waals surface area contributed by atoms with Crippen molar-refractivity contribution in [1.82, 2.24) is 14.6 Å². The summed E-state index contributed by atoms with van der Waals surface area (Å²) in [5, 5.41) is 4.36. The van der Waals surface area contributed by atoms with Gasteiger partial charge in [-0.05, 0) is 18.8 Å². The molecule has 3 rings (SSSR count). The summed E-state index contributed by atoms with van der Waals surface area (Å²) >= 11 is 0. The monoisotopic (exact) mass is 266 g/mol. The lowest BCUT2D eigenvalue weighted by Crippen LogP contribution is -2.07. The van der Waals surface area contributed by atoms with Gasteiger partial charge in [-0.25, -0.2) is 17.9 Å². The molecule has 1 aliphatic heterocycles. The third kappa shape index (κ3) is 2.17. The topological polar surface area (TPSA) is 90.3 Å². The van der Waals surface area contributed by atoms with Crippen molar-refractivity contribution >= 4 is 21.2 Å². The highest BCUT2D eigenvalue weighted by atomic mass is 32.2. The van der Waals surface area contributed by atoms with E-state index in [1.54, 1.807) is 16.9 Å². The largest absolute Gasteiger partial charge is 0.396 e. The second-order valence-corrected chi connectivity index (χ2v) is 7.03. The van der Waals surface area contributed by atoms with Gasteiger partial charge in [0.2, 0.25) is 0 Å². The molecule has 2 aromatic rings. The van der Waals surface area contributed by atoms with Gasteiger partial charge in [0, 0.05) is 6.07 Å². The van der Waals surface area contributed by atoms with Crippen LogP contribution in [0.4, 0.5) is 5.69 Å². The predicted octanol–water partition coefficient (Wildman–Crippen LogP) is 0.289. The van der Waals surface area contributed by atoms with Gasteiger partial charge in [-0.2, -0.15) is 5.10 Å². The van der Waals surface area contributed by atoms with Crippen molar-refractivity contribution in [2.45, 2.75) is 12.8 Å². The number of anilines is 1. The SMILES string of the molecule is Nc1cnc2cc(CC3CCS(=O)(=O)C3)nn2c1. The van der Waals surface area contributed by atoms with Gasteiger partial charge in [0.1, 0.15) is 0 Å². The molecule has 3 heterocycles. The summed E-state index contributed by atoms with van der Waals surface area (Å²) in [5.41, 5.74) is 7.79. The molecule has 0 radical (unpaired) electrons. The minimum atomic E-state index is -2.82. The molecule has 18 heavy (non-hydrogen) atoms. The summed E-state index contributed by atoms with van der Waals surface area (Å²) in [6, 6.07) is 1.88. The second kappa shape index (κ2) is 3.94. The van der Waals surface area contributed by atoms with Crippen molar-refractivity contribution in [2.24, 2.45) is 5.92 Å². The normalized spacial score (nSPS) is 22.6. The molecule has 0 bridgehead atoms. The zero-order chi connectivity index (χ0) is 12.8. The molecule has 0 spiro atoms. The molecule has 0 amide bonds. The van der Waals surface area contributed by atoms with E-state index >= 15 is 0 Å².